The Kier molecular flexibility index (Phi) is 8.33. The van der Waals surface area contributed by atoms with Gasteiger partial charge in [0.1, 0.15) is 6.10 Å². The lowest BCUT2D eigenvalue weighted by molar-refractivity contribution is -0.103. The van der Waals surface area contributed by atoms with Crippen LogP contribution in [0.4, 0.5) is 8.78 Å². The topological polar surface area (TPSA) is 52.9 Å². The third-order valence-corrected chi connectivity index (χ3v) is 9.38. The Morgan fingerprint density at radius 1 is 1.21 bits per heavy atom. The molecule has 192 valence electrons. The van der Waals surface area contributed by atoms with Crippen molar-refractivity contribution < 1.29 is 23.7 Å². The van der Waals surface area contributed by atoms with Gasteiger partial charge >= 0.3 is 0 Å². The SMILES string of the molecule is C=C1[C@H](O)CC(=C/C=C2\CCC[C@]3(C)[C@@H](C(C)CCN4CCO[C@H](C(F)F)C4)CC[C@@H]23)C[C@H]1O. The first-order valence-electron chi connectivity index (χ1n) is 13.2. The van der Waals surface area contributed by atoms with Crippen molar-refractivity contribution in [1.82, 2.24) is 4.90 Å². The van der Waals surface area contributed by atoms with E-state index in [0.717, 1.165) is 31.5 Å². The molecule has 1 saturated heterocycles. The molecule has 34 heavy (non-hydrogen) atoms. The standard InChI is InChI=1S/C28H43F2NO3/c1-18(10-12-31-13-14-34-26(17-31)27(29)30)22-8-9-23-21(5-4-11-28(22,23)3)7-6-20-15-24(32)19(2)25(33)16-20/h6-7,18,22-27,32-33H,2,4-5,8-17H2,1,3H3/b21-7+/t18?,22-,23+,24-,25-,26+,28-/m1/s1. The van der Waals surface area contributed by atoms with Gasteiger partial charge in [0.05, 0.1) is 18.8 Å². The highest BCUT2D eigenvalue weighted by Crippen LogP contribution is 2.59. The minimum Gasteiger partial charge on any atom is -0.388 e. The monoisotopic (exact) mass is 479 g/mol. The summed E-state index contributed by atoms with van der Waals surface area (Å²) in [7, 11) is 0. The Morgan fingerprint density at radius 3 is 2.65 bits per heavy atom. The average molecular weight is 480 g/mol. The van der Waals surface area contributed by atoms with Crippen LogP contribution in [0.25, 0.3) is 0 Å². The van der Waals surface area contributed by atoms with Crippen LogP contribution in [-0.4, -0.2) is 66.1 Å². The minimum atomic E-state index is -2.41. The van der Waals surface area contributed by atoms with E-state index in [1.165, 1.54) is 31.3 Å². The van der Waals surface area contributed by atoms with E-state index >= 15 is 0 Å². The highest BCUT2D eigenvalue weighted by Gasteiger charge is 2.50. The largest absolute Gasteiger partial charge is 0.388 e. The molecule has 0 spiro atoms. The van der Waals surface area contributed by atoms with Gasteiger partial charge < -0.3 is 14.9 Å². The Balaban J connectivity index is 1.37. The molecular weight excluding hydrogens is 436 g/mol. The zero-order valence-corrected chi connectivity index (χ0v) is 20.9. The fraction of sp³-hybridized carbons (Fsp3) is 0.786. The molecule has 2 N–H and O–H groups in total. The molecule has 4 fully saturated rings. The molecule has 1 heterocycles. The summed E-state index contributed by atoms with van der Waals surface area (Å²) in [6.07, 6.45) is 8.00. The van der Waals surface area contributed by atoms with Gasteiger partial charge in [-0.05, 0) is 86.7 Å². The number of aliphatic hydroxyl groups excluding tert-OH is 2. The highest BCUT2D eigenvalue weighted by atomic mass is 19.3. The number of nitrogens with zero attached hydrogens (tertiary/aromatic N) is 1. The van der Waals surface area contributed by atoms with Crippen molar-refractivity contribution in [2.45, 2.75) is 90.0 Å². The quantitative estimate of drug-likeness (QED) is 0.519. The Labute approximate surface area is 203 Å². The Morgan fingerprint density at radius 2 is 1.94 bits per heavy atom. The summed E-state index contributed by atoms with van der Waals surface area (Å²) >= 11 is 0. The number of ether oxygens (including phenoxy) is 1. The molecule has 6 heteroatoms. The van der Waals surface area contributed by atoms with Crippen LogP contribution in [0, 0.1) is 23.2 Å². The summed E-state index contributed by atoms with van der Waals surface area (Å²) in [5.41, 5.74) is 3.45. The van der Waals surface area contributed by atoms with E-state index in [1.54, 1.807) is 0 Å². The molecule has 4 rings (SSSR count). The van der Waals surface area contributed by atoms with E-state index in [4.69, 9.17) is 4.74 Å². The van der Waals surface area contributed by atoms with Gasteiger partial charge in [0.15, 0.2) is 0 Å². The van der Waals surface area contributed by atoms with Gasteiger partial charge in [-0.1, -0.05) is 43.7 Å². The smallest absolute Gasteiger partial charge is 0.265 e. The lowest BCUT2D eigenvalue weighted by Gasteiger charge is -2.45. The molecule has 3 aliphatic carbocycles. The summed E-state index contributed by atoms with van der Waals surface area (Å²) < 4.78 is 31.3. The summed E-state index contributed by atoms with van der Waals surface area (Å²) in [5.74, 6) is 1.81. The summed E-state index contributed by atoms with van der Waals surface area (Å²) in [6, 6.07) is 0. The molecule has 0 aromatic carbocycles. The highest BCUT2D eigenvalue weighted by molar-refractivity contribution is 5.29. The second-order valence-corrected chi connectivity index (χ2v) is 11.5. The van der Waals surface area contributed by atoms with Crippen molar-refractivity contribution >= 4 is 0 Å². The van der Waals surface area contributed by atoms with Crippen molar-refractivity contribution in [2.24, 2.45) is 23.2 Å². The van der Waals surface area contributed by atoms with E-state index in [0.29, 0.717) is 54.7 Å². The maximum absolute atomic E-state index is 13.1. The number of halogens is 2. The van der Waals surface area contributed by atoms with Gasteiger partial charge in [0.2, 0.25) is 0 Å². The molecule has 1 unspecified atom stereocenters. The molecule has 0 aromatic rings. The number of hydrogen-bond acceptors (Lipinski definition) is 4. The average Bonchev–Trinajstić information content (AvgIpc) is 3.17. The second-order valence-electron chi connectivity index (χ2n) is 11.5. The summed E-state index contributed by atoms with van der Waals surface area (Å²) in [4.78, 5) is 2.16. The van der Waals surface area contributed by atoms with Crippen LogP contribution >= 0.6 is 0 Å². The molecule has 3 saturated carbocycles. The number of fused-ring (bicyclic) bond motifs is 1. The zero-order chi connectivity index (χ0) is 24.5. The normalized spacial score (nSPS) is 39.5. The summed E-state index contributed by atoms with van der Waals surface area (Å²) in [6.45, 7) is 11.0. The van der Waals surface area contributed by atoms with Gasteiger partial charge in [-0.2, -0.15) is 0 Å². The van der Waals surface area contributed by atoms with Crippen LogP contribution in [0.2, 0.25) is 0 Å². The van der Waals surface area contributed by atoms with Gasteiger partial charge in [-0.15, -0.1) is 0 Å². The molecule has 4 aliphatic rings. The van der Waals surface area contributed by atoms with Crippen LogP contribution in [0.1, 0.15) is 65.2 Å². The number of morpholine rings is 1. The van der Waals surface area contributed by atoms with Crippen molar-refractivity contribution in [3.05, 3.63) is 35.5 Å². The fourth-order valence-corrected chi connectivity index (χ4v) is 7.31. The van der Waals surface area contributed by atoms with Gasteiger partial charge in [0, 0.05) is 13.1 Å². The summed E-state index contributed by atoms with van der Waals surface area (Å²) in [5, 5.41) is 20.3. The first-order chi connectivity index (χ1) is 16.2. The second kappa shape index (κ2) is 10.9. The predicted octanol–water partition coefficient (Wildman–Crippen LogP) is 5.12. The number of rotatable bonds is 6. The van der Waals surface area contributed by atoms with Gasteiger partial charge in [-0.25, -0.2) is 8.78 Å². The number of aliphatic hydroxyl groups is 2. The van der Waals surface area contributed by atoms with Crippen LogP contribution in [0.15, 0.2) is 35.5 Å². The molecular formula is C28H43F2NO3. The maximum atomic E-state index is 13.1. The lowest BCUT2D eigenvalue weighted by Crippen LogP contribution is -2.46. The van der Waals surface area contributed by atoms with Gasteiger partial charge in [-0.3, -0.25) is 4.90 Å². The van der Waals surface area contributed by atoms with Crippen molar-refractivity contribution in [1.29, 1.82) is 0 Å². The third-order valence-electron chi connectivity index (χ3n) is 9.38. The molecule has 4 nitrogen and oxygen atoms in total. The van der Waals surface area contributed by atoms with E-state index in [2.05, 4.69) is 37.5 Å². The van der Waals surface area contributed by atoms with Crippen LogP contribution in [0.3, 0.4) is 0 Å². The van der Waals surface area contributed by atoms with Gasteiger partial charge in [0.25, 0.3) is 6.43 Å². The van der Waals surface area contributed by atoms with Crippen molar-refractivity contribution in [2.75, 3.05) is 26.2 Å². The molecule has 7 atom stereocenters. The predicted molar refractivity (Wildman–Crippen MR) is 131 cm³/mol. The fourth-order valence-electron chi connectivity index (χ4n) is 7.31. The van der Waals surface area contributed by atoms with E-state index < -0.39 is 24.7 Å². The molecule has 0 aromatic heterocycles. The van der Waals surface area contributed by atoms with Crippen molar-refractivity contribution in [3.8, 4) is 0 Å². The number of allylic oxidation sites excluding steroid dienone is 3. The molecule has 0 radical (unpaired) electrons. The first kappa shape index (κ1) is 26.0. The minimum absolute atomic E-state index is 0.290. The first-order valence-corrected chi connectivity index (χ1v) is 13.2. The van der Waals surface area contributed by atoms with E-state index in [-0.39, 0.29) is 0 Å². The number of hydrogen-bond donors (Lipinski definition) is 2. The van der Waals surface area contributed by atoms with E-state index in [9.17, 15) is 19.0 Å². The maximum Gasteiger partial charge on any atom is 0.265 e. The molecule has 0 bridgehead atoms. The lowest BCUT2D eigenvalue weighted by atomic mass is 9.61. The Hall–Kier alpha value is -1.08. The van der Waals surface area contributed by atoms with Crippen LogP contribution in [-0.2, 0) is 4.74 Å². The Bertz CT molecular complexity index is 781. The van der Waals surface area contributed by atoms with E-state index in [1.807, 2.05) is 0 Å². The third kappa shape index (κ3) is 5.50. The zero-order valence-electron chi connectivity index (χ0n) is 20.9. The van der Waals surface area contributed by atoms with Crippen LogP contribution < -0.4 is 0 Å². The van der Waals surface area contributed by atoms with Crippen LogP contribution in [0.5, 0.6) is 0 Å². The molecule has 1 aliphatic heterocycles. The number of alkyl halides is 2. The molecule has 0 amide bonds. The van der Waals surface area contributed by atoms with Crippen molar-refractivity contribution in [3.63, 3.8) is 0 Å².